The molecule has 3 aromatic rings. The number of para-hydroxylation sites is 2. The highest BCUT2D eigenvalue weighted by Gasteiger charge is 2.24. The summed E-state index contributed by atoms with van der Waals surface area (Å²) in [4.78, 5) is 19.9. The molecule has 0 spiro atoms. The van der Waals surface area contributed by atoms with Crippen LogP contribution in [0.5, 0.6) is 5.75 Å². The number of carbonyl (C=O) groups is 1. The van der Waals surface area contributed by atoms with Crippen LogP contribution in [-0.2, 0) is 11.3 Å². The van der Waals surface area contributed by atoms with E-state index in [4.69, 9.17) is 9.72 Å². The van der Waals surface area contributed by atoms with Crippen molar-refractivity contribution < 1.29 is 9.53 Å². The second-order valence-corrected chi connectivity index (χ2v) is 8.98. The predicted molar refractivity (Wildman–Crippen MR) is 122 cm³/mol. The van der Waals surface area contributed by atoms with E-state index in [-0.39, 0.29) is 5.91 Å². The van der Waals surface area contributed by atoms with Crippen molar-refractivity contribution in [2.45, 2.75) is 50.9 Å². The van der Waals surface area contributed by atoms with E-state index in [1.165, 1.54) is 12.0 Å². The third-order valence-electron chi connectivity index (χ3n) is 5.61. The summed E-state index contributed by atoms with van der Waals surface area (Å²) in [7, 11) is 0. The molecule has 1 fully saturated rings. The Kier molecular flexibility index (Phi) is 6.62. The van der Waals surface area contributed by atoms with E-state index in [1.807, 2.05) is 47.4 Å². The van der Waals surface area contributed by atoms with Gasteiger partial charge >= 0.3 is 0 Å². The molecule has 158 valence electrons. The van der Waals surface area contributed by atoms with E-state index in [2.05, 4.69) is 24.5 Å². The van der Waals surface area contributed by atoms with Crippen LogP contribution < -0.4 is 4.74 Å². The number of likely N-dealkylation sites (tertiary alicyclic amines) is 1. The van der Waals surface area contributed by atoms with Crippen LogP contribution in [-0.4, -0.2) is 45.3 Å². The topological polar surface area (TPSA) is 47.4 Å². The summed E-state index contributed by atoms with van der Waals surface area (Å²) >= 11 is 1.64. The third-order valence-corrected chi connectivity index (χ3v) is 6.55. The first kappa shape index (κ1) is 20.8. The van der Waals surface area contributed by atoms with Gasteiger partial charge in [0, 0.05) is 18.3 Å². The molecule has 0 radical (unpaired) electrons. The van der Waals surface area contributed by atoms with Crippen LogP contribution in [0, 0.1) is 6.92 Å². The van der Waals surface area contributed by atoms with E-state index in [1.54, 1.807) is 11.8 Å². The number of nitrogens with zero attached hydrogens (tertiary/aromatic N) is 3. The van der Waals surface area contributed by atoms with Crippen molar-refractivity contribution in [2.75, 3.05) is 18.9 Å². The fourth-order valence-electron chi connectivity index (χ4n) is 4.01. The van der Waals surface area contributed by atoms with Crippen molar-refractivity contribution in [3.05, 3.63) is 54.1 Å². The Labute approximate surface area is 182 Å². The summed E-state index contributed by atoms with van der Waals surface area (Å²) in [6.45, 7) is 6.01. The van der Waals surface area contributed by atoms with Gasteiger partial charge in [0.15, 0.2) is 5.16 Å². The first-order valence-electron chi connectivity index (χ1n) is 10.7. The first-order valence-corrected chi connectivity index (χ1v) is 11.7. The highest BCUT2D eigenvalue weighted by Crippen LogP contribution is 2.25. The Morgan fingerprint density at radius 3 is 2.90 bits per heavy atom. The summed E-state index contributed by atoms with van der Waals surface area (Å²) in [5.41, 5.74) is 3.13. The number of hydrogen-bond donors (Lipinski definition) is 0. The average Bonchev–Trinajstić information content (AvgIpc) is 3.09. The lowest BCUT2D eigenvalue weighted by molar-refractivity contribution is -0.135. The molecular formula is C24H29N3O2S. The molecule has 1 amide bonds. The van der Waals surface area contributed by atoms with E-state index in [0.29, 0.717) is 19.2 Å². The van der Waals surface area contributed by atoms with Crippen LogP contribution in [0.2, 0.25) is 0 Å². The van der Waals surface area contributed by atoms with E-state index < -0.39 is 0 Å². The van der Waals surface area contributed by atoms with Crippen molar-refractivity contribution in [2.24, 2.45) is 0 Å². The quantitative estimate of drug-likeness (QED) is 0.400. The summed E-state index contributed by atoms with van der Waals surface area (Å²) in [6, 6.07) is 16.4. The van der Waals surface area contributed by atoms with Crippen molar-refractivity contribution >= 4 is 28.7 Å². The summed E-state index contributed by atoms with van der Waals surface area (Å²) in [5.74, 6) is 1.84. The smallest absolute Gasteiger partial charge is 0.242 e. The van der Waals surface area contributed by atoms with E-state index >= 15 is 0 Å². The van der Waals surface area contributed by atoms with Gasteiger partial charge in [0.1, 0.15) is 12.3 Å². The molecule has 1 aromatic heterocycles. The fourth-order valence-corrected chi connectivity index (χ4v) is 4.84. The van der Waals surface area contributed by atoms with Gasteiger partial charge in [-0.2, -0.15) is 0 Å². The standard InChI is InChI=1S/C24H29N3O2S/c1-18-8-7-10-20(16-18)29-14-15-30-24-25-21-11-3-4-12-22(21)27(24)17-23(28)26-13-6-5-9-19(26)2/h3-4,7-8,10-12,16,19H,5-6,9,13-15,17H2,1-2H3/t19-/m0/s1. The molecule has 6 heteroatoms. The van der Waals surface area contributed by atoms with Crippen LogP contribution in [0.4, 0.5) is 0 Å². The van der Waals surface area contributed by atoms with Gasteiger partial charge in [-0.3, -0.25) is 4.79 Å². The molecule has 0 aliphatic carbocycles. The molecule has 4 rings (SSSR count). The third kappa shape index (κ3) is 4.81. The lowest BCUT2D eigenvalue weighted by Crippen LogP contribution is -2.43. The molecule has 1 aliphatic rings. The molecule has 5 nitrogen and oxygen atoms in total. The number of benzene rings is 2. The molecule has 1 saturated heterocycles. The average molecular weight is 424 g/mol. The number of ether oxygens (including phenoxy) is 1. The number of aromatic nitrogens is 2. The number of imidazole rings is 1. The van der Waals surface area contributed by atoms with Gasteiger partial charge in [-0.25, -0.2) is 4.98 Å². The zero-order valence-electron chi connectivity index (χ0n) is 17.7. The summed E-state index contributed by atoms with van der Waals surface area (Å²) in [6.07, 6.45) is 3.40. The predicted octanol–water partition coefficient (Wildman–Crippen LogP) is 4.92. The second kappa shape index (κ2) is 9.56. The van der Waals surface area contributed by atoms with Gasteiger partial charge in [0.25, 0.3) is 0 Å². The molecule has 1 atom stereocenters. The van der Waals surface area contributed by atoms with Gasteiger partial charge in [0.05, 0.1) is 17.6 Å². The summed E-state index contributed by atoms with van der Waals surface area (Å²) in [5, 5.41) is 0.877. The molecular weight excluding hydrogens is 394 g/mol. The van der Waals surface area contributed by atoms with E-state index in [0.717, 1.165) is 47.1 Å². The molecule has 2 aromatic carbocycles. The number of aryl methyl sites for hydroxylation is 1. The highest BCUT2D eigenvalue weighted by molar-refractivity contribution is 7.99. The maximum Gasteiger partial charge on any atom is 0.242 e. The number of amides is 1. The number of carbonyl (C=O) groups excluding carboxylic acids is 1. The van der Waals surface area contributed by atoms with Crippen LogP contribution >= 0.6 is 11.8 Å². The van der Waals surface area contributed by atoms with Crippen molar-refractivity contribution in [1.82, 2.24) is 14.5 Å². The Morgan fingerprint density at radius 1 is 1.20 bits per heavy atom. The zero-order valence-corrected chi connectivity index (χ0v) is 18.5. The Hall–Kier alpha value is -2.47. The normalized spacial score (nSPS) is 16.7. The van der Waals surface area contributed by atoms with Crippen molar-refractivity contribution in [1.29, 1.82) is 0 Å². The Balaban J connectivity index is 1.45. The van der Waals surface area contributed by atoms with Gasteiger partial charge in [-0.1, -0.05) is 36.0 Å². The molecule has 30 heavy (non-hydrogen) atoms. The summed E-state index contributed by atoms with van der Waals surface area (Å²) < 4.78 is 7.95. The molecule has 0 saturated carbocycles. The van der Waals surface area contributed by atoms with Crippen LogP contribution in [0.25, 0.3) is 11.0 Å². The molecule has 0 bridgehead atoms. The maximum absolute atomic E-state index is 13.1. The SMILES string of the molecule is Cc1cccc(OCCSc2nc3ccccc3n2CC(=O)N2CCCC[C@@H]2C)c1. The Bertz CT molecular complexity index is 1020. The van der Waals surface area contributed by atoms with E-state index in [9.17, 15) is 4.79 Å². The molecule has 0 N–H and O–H groups in total. The minimum Gasteiger partial charge on any atom is -0.493 e. The molecule has 1 aliphatic heterocycles. The molecule has 2 heterocycles. The minimum atomic E-state index is 0.184. The van der Waals surface area contributed by atoms with Crippen LogP contribution in [0.15, 0.2) is 53.7 Å². The maximum atomic E-state index is 13.1. The second-order valence-electron chi connectivity index (χ2n) is 7.91. The van der Waals surface area contributed by atoms with Crippen LogP contribution in [0.1, 0.15) is 31.7 Å². The van der Waals surface area contributed by atoms with Crippen LogP contribution in [0.3, 0.4) is 0 Å². The van der Waals surface area contributed by atoms with Gasteiger partial charge in [0.2, 0.25) is 5.91 Å². The lowest BCUT2D eigenvalue weighted by atomic mass is 10.0. The molecule has 0 unspecified atom stereocenters. The van der Waals surface area contributed by atoms with Gasteiger partial charge in [-0.15, -0.1) is 0 Å². The van der Waals surface area contributed by atoms with Gasteiger partial charge < -0.3 is 14.2 Å². The minimum absolute atomic E-state index is 0.184. The monoisotopic (exact) mass is 423 g/mol. The zero-order chi connectivity index (χ0) is 20.9. The van der Waals surface area contributed by atoms with Gasteiger partial charge in [-0.05, 0) is 62.9 Å². The fraction of sp³-hybridized carbons (Fsp3) is 0.417. The first-order chi connectivity index (χ1) is 14.6. The number of thioether (sulfide) groups is 1. The lowest BCUT2D eigenvalue weighted by Gasteiger charge is -2.33. The number of piperidine rings is 1. The number of fused-ring (bicyclic) bond motifs is 1. The number of hydrogen-bond acceptors (Lipinski definition) is 4. The Morgan fingerprint density at radius 2 is 2.07 bits per heavy atom. The highest BCUT2D eigenvalue weighted by atomic mass is 32.2. The van der Waals surface area contributed by atoms with Crippen molar-refractivity contribution in [3.8, 4) is 5.75 Å². The largest absolute Gasteiger partial charge is 0.493 e. The van der Waals surface area contributed by atoms with Crippen molar-refractivity contribution in [3.63, 3.8) is 0 Å². The number of rotatable bonds is 7.